The second-order valence-corrected chi connectivity index (χ2v) is 7.66. The first-order valence-corrected chi connectivity index (χ1v) is 9.83. The second kappa shape index (κ2) is 10.1. The minimum absolute atomic E-state index is 0.100. The van der Waals surface area contributed by atoms with Gasteiger partial charge in [-0.3, -0.25) is 25.2 Å². The van der Waals surface area contributed by atoms with Gasteiger partial charge in [0.05, 0.1) is 5.75 Å². The Kier molecular flexibility index (Phi) is 7.87. The molecule has 142 valence electrons. The summed E-state index contributed by atoms with van der Waals surface area (Å²) in [6.45, 7) is 3.48. The van der Waals surface area contributed by atoms with Gasteiger partial charge in [-0.1, -0.05) is 33.6 Å². The van der Waals surface area contributed by atoms with Crippen LogP contribution in [0.4, 0.5) is 0 Å². The minimum atomic E-state index is -0.620. The van der Waals surface area contributed by atoms with E-state index in [9.17, 15) is 14.4 Å². The molecule has 0 unspecified atom stereocenters. The van der Waals surface area contributed by atoms with Crippen molar-refractivity contribution >= 4 is 45.5 Å². The maximum absolute atomic E-state index is 11.9. The molecule has 0 radical (unpaired) electrons. The summed E-state index contributed by atoms with van der Waals surface area (Å²) in [6.07, 6.45) is 0. The van der Waals surface area contributed by atoms with Crippen LogP contribution in [0.1, 0.15) is 21.5 Å². The molecular weight excluding hydrogens is 432 g/mol. The molecule has 0 aliphatic heterocycles. The molecule has 2 aromatic carbocycles. The number of ether oxygens (including phenoxy) is 1. The van der Waals surface area contributed by atoms with Crippen LogP contribution < -0.4 is 10.9 Å². The van der Waals surface area contributed by atoms with Gasteiger partial charge in [0.25, 0.3) is 11.8 Å². The van der Waals surface area contributed by atoms with E-state index in [2.05, 4.69) is 26.8 Å². The van der Waals surface area contributed by atoms with Crippen LogP contribution in [0.15, 0.2) is 51.8 Å². The average molecular weight is 451 g/mol. The second-order valence-electron chi connectivity index (χ2n) is 5.73. The third-order valence-electron chi connectivity index (χ3n) is 3.48. The van der Waals surface area contributed by atoms with E-state index in [4.69, 9.17) is 4.74 Å². The lowest BCUT2D eigenvalue weighted by Gasteiger charge is -2.09. The van der Waals surface area contributed by atoms with Crippen molar-refractivity contribution in [1.29, 1.82) is 0 Å². The number of nitrogens with one attached hydrogen (secondary N) is 2. The Labute approximate surface area is 170 Å². The fraction of sp³-hybridized carbons (Fsp3) is 0.211. The summed E-state index contributed by atoms with van der Waals surface area (Å²) in [5.41, 5.74) is 7.04. The molecule has 0 spiro atoms. The SMILES string of the molecule is Cc1ccc(C)c(SCC(=O)OCC(=O)NNC(=O)c2ccc(Br)cc2)c1. The van der Waals surface area contributed by atoms with Crippen molar-refractivity contribution in [1.82, 2.24) is 10.9 Å². The lowest BCUT2D eigenvalue weighted by atomic mass is 10.2. The number of hydrogen-bond donors (Lipinski definition) is 2. The number of hydrogen-bond acceptors (Lipinski definition) is 5. The summed E-state index contributed by atoms with van der Waals surface area (Å²) in [6, 6.07) is 12.6. The fourth-order valence-electron chi connectivity index (χ4n) is 2.02. The summed E-state index contributed by atoms with van der Waals surface area (Å²) < 4.78 is 5.76. The summed E-state index contributed by atoms with van der Waals surface area (Å²) >= 11 is 4.63. The molecule has 2 amide bonds. The number of carbonyl (C=O) groups excluding carboxylic acids is 3. The average Bonchev–Trinajstić information content (AvgIpc) is 2.65. The molecule has 0 fully saturated rings. The third-order valence-corrected chi connectivity index (χ3v) is 5.13. The Morgan fingerprint density at radius 2 is 1.74 bits per heavy atom. The van der Waals surface area contributed by atoms with Crippen LogP contribution in [0.5, 0.6) is 0 Å². The van der Waals surface area contributed by atoms with Crippen molar-refractivity contribution in [3.8, 4) is 0 Å². The number of halogens is 1. The Balaban J connectivity index is 1.70. The Hall–Kier alpha value is -2.32. The van der Waals surface area contributed by atoms with E-state index in [0.29, 0.717) is 5.56 Å². The predicted octanol–water partition coefficient (Wildman–Crippen LogP) is 3.16. The smallest absolute Gasteiger partial charge is 0.316 e. The standard InChI is InChI=1S/C19H19BrN2O4S/c1-12-3-4-13(2)16(9-12)27-11-18(24)26-10-17(23)21-22-19(25)14-5-7-15(20)8-6-14/h3-9H,10-11H2,1-2H3,(H,21,23)(H,22,25). The number of esters is 1. The van der Waals surface area contributed by atoms with E-state index in [-0.39, 0.29) is 5.75 Å². The number of amides is 2. The van der Waals surface area contributed by atoms with E-state index < -0.39 is 24.4 Å². The summed E-state index contributed by atoms with van der Waals surface area (Å²) in [5, 5.41) is 0. The van der Waals surface area contributed by atoms with Gasteiger partial charge in [-0.05, 0) is 49.7 Å². The number of thioether (sulfide) groups is 1. The molecule has 0 saturated carbocycles. The molecule has 0 atom stereocenters. The van der Waals surface area contributed by atoms with E-state index in [1.165, 1.54) is 11.8 Å². The molecule has 0 aliphatic rings. The van der Waals surface area contributed by atoms with Crippen molar-refractivity contribution in [2.45, 2.75) is 18.7 Å². The zero-order chi connectivity index (χ0) is 19.8. The van der Waals surface area contributed by atoms with Gasteiger partial charge in [0.15, 0.2) is 6.61 Å². The molecule has 6 nitrogen and oxygen atoms in total. The fourth-order valence-corrected chi connectivity index (χ4v) is 3.21. The topological polar surface area (TPSA) is 84.5 Å². The van der Waals surface area contributed by atoms with Crippen molar-refractivity contribution in [2.24, 2.45) is 0 Å². The first kappa shape index (κ1) is 21.0. The van der Waals surface area contributed by atoms with Crippen LogP contribution in [-0.4, -0.2) is 30.1 Å². The van der Waals surface area contributed by atoms with Crippen LogP contribution in [0.2, 0.25) is 0 Å². The van der Waals surface area contributed by atoms with Crippen molar-refractivity contribution < 1.29 is 19.1 Å². The van der Waals surface area contributed by atoms with Gasteiger partial charge in [-0.2, -0.15) is 0 Å². The lowest BCUT2D eigenvalue weighted by Crippen LogP contribution is -2.43. The zero-order valence-electron chi connectivity index (χ0n) is 14.9. The Morgan fingerprint density at radius 3 is 2.44 bits per heavy atom. The highest BCUT2D eigenvalue weighted by molar-refractivity contribution is 9.10. The first-order valence-electron chi connectivity index (χ1n) is 8.05. The lowest BCUT2D eigenvalue weighted by molar-refractivity contribution is -0.146. The highest BCUT2D eigenvalue weighted by Crippen LogP contribution is 2.23. The highest BCUT2D eigenvalue weighted by Gasteiger charge is 2.11. The third kappa shape index (κ3) is 7.07. The monoisotopic (exact) mass is 450 g/mol. The molecule has 0 aromatic heterocycles. The van der Waals surface area contributed by atoms with Gasteiger partial charge < -0.3 is 4.74 Å². The van der Waals surface area contributed by atoms with Crippen LogP contribution in [-0.2, 0) is 14.3 Å². The van der Waals surface area contributed by atoms with Gasteiger partial charge in [-0.15, -0.1) is 11.8 Å². The number of carbonyl (C=O) groups is 3. The molecule has 0 saturated heterocycles. The number of aryl methyl sites for hydroxylation is 2. The van der Waals surface area contributed by atoms with Crippen LogP contribution in [0, 0.1) is 13.8 Å². The molecule has 2 rings (SSSR count). The zero-order valence-corrected chi connectivity index (χ0v) is 17.3. The first-order chi connectivity index (χ1) is 12.8. The van der Waals surface area contributed by atoms with Gasteiger partial charge in [0.2, 0.25) is 0 Å². The van der Waals surface area contributed by atoms with E-state index in [1.54, 1.807) is 24.3 Å². The molecule has 8 heteroatoms. The normalized spacial score (nSPS) is 10.2. The molecule has 2 N–H and O–H groups in total. The van der Waals surface area contributed by atoms with Crippen molar-refractivity contribution in [3.05, 3.63) is 63.6 Å². The molecule has 2 aromatic rings. The molecule has 0 bridgehead atoms. The maximum atomic E-state index is 11.9. The van der Waals surface area contributed by atoms with Crippen molar-refractivity contribution in [2.75, 3.05) is 12.4 Å². The van der Waals surface area contributed by atoms with Gasteiger partial charge >= 0.3 is 5.97 Å². The predicted molar refractivity (Wildman–Crippen MR) is 107 cm³/mol. The van der Waals surface area contributed by atoms with E-state index in [1.807, 2.05) is 32.0 Å². The van der Waals surface area contributed by atoms with E-state index >= 15 is 0 Å². The summed E-state index contributed by atoms with van der Waals surface area (Å²) in [7, 11) is 0. The maximum Gasteiger partial charge on any atom is 0.316 e. The Morgan fingerprint density at radius 1 is 1.04 bits per heavy atom. The number of hydrazine groups is 1. The van der Waals surface area contributed by atoms with Gasteiger partial charge in [-0.25, -0.2) is 0 Å². The van der Waals surface area contributed by atoms with Crippen LogP contribution in [0.25, 0.3) is 0 Å². The van der Waals surface area contributed by atoms with Gasteiger partial charge in [0.1, 0.15) is 0 Å². The number of benzene rings is 2. The summed E-state index contributed by atoms with van der Waals surface area (Å²) in [5.74, 6) is -1.49. The minimum Gasteiger partial charge on any atom is -0.455 e. The molecule has 27 heavy (non-hydrogen) atoms. The van der Waals surface area contributed by atoms with Gasteiger partial charge in [0, 0.05) is 14.9 Å². The highest BCUT2D eigenvalue weighted by atomic mass is 79.9. The molecular formula is C19H19BrN2O4S. The largest absolute Gasteiger partial charge is 0.455 e. The Bertz CT molecular complexity index is 840. The quantitative estimate of drug-likeness (QED) is 0.401. The van der Waals surface area contributed by atoms with Crippen LogP contribution in [0.3, 0.4) is 0 Å². The number of rotatable bonds is 6. The van der Waals surface area contributed by atoms with Crippen LogP contribution >= 0.6 is 27.7 Å². The summed E-state index contributed by atoms with van der Waals surface area (Å²) in [4.78, 5) is 36.4. The van der Waals surface area contributed by atoms with Crippen molar-refractivity contribution in [3.63, 3.8) is 0 Å². The molecule has 0 heterocycles. The molecule has 0 aliphatic carbocycles. The van der Waals surface area contributed by atoms with E-state index in [0.717, 1.165) is 20.5 Å².